The van der Waals surface area contributed by atoms with Crippen LogP contribution in [0.3, 0.4) is 0 Å². The maximum Gasteiger partial charge on any atom is 0.416 e. The van der Waals surface area contributed by atoms with Crippen molar-refractivity contribution in [1.82, 2.24) is 15.3 Å². The van der Waals surface area contributed by atoms with E-state index in [9.17, 15) is 18.0 Å². The minimum Gasteiger partial charge on any atom is -0.372 e. The van der Waals surface area contributed by atoms with E-state index >= 15 is 0 Å². The number of amides is 1. The van der Waals surface area contributed by atoms with Gasteiger partial charge >= 0.3 is 6.18 Å². The first-order valence-electron chi connectivity index (χ1n) is 10.5. The van der Waals surface area contributed by atoms with E-state index in [1.165, 1.54) is 6.07 Å². The van der Waals surface area contributed by atoms with Crippen LogP contribution in [0.25, 0.3) is 11.0 Å². The van der Waals surface area contributed by atoms with Gasteiger partial charge in [-0.05, 0) is 54.7 Å². The number of anilines is 1. The summed E-state index contributed by atoms with van der Waals surface area (Å²) in [6.07, 6.45) is -1.84. The van der Waals surface area contributed by atoms with E-state index < -0.39 is 17.8 Å². The predicted molar refractivity (Wildman–Crippen MR) is 129 cm³/mol. The number of thioether (sulfide) groups is 1. The zero-order chi connectivity index (χ0) is 24.2. The molecule has 3 aromatic rings. The Labute approximate surface area is 199 Å². The van der Waals surface area contributed by atoms with E-state index in [-0.39, 0.29) is 28.6 Å². The Morgan fingerprint density at radius 2 is 1.94 bits per heavy atom. The standard InChI is InChI=1S/C23H26ClF3N4OS/c1-13(2)20(28-16-9-8-14(12-15(16)24)23(25,26)27)22(32)31-19(10-11-33-3)21-29-17-6-4-5-7-18(17)30-21/h4-9,12-13,19-20,28H,10-11H2,1-3H3,(H,29,30)(H,31,32)/t19-,20-/m0/s1. The molecule has 0 saturated carbocycles. The topological polar surface area (TPSA) is 69.8 Å². The third-order valence-corrected chi connectivity index (χ3v) is 6.18. The highest BCUT2D eigenvalue weighted by atomic mass is 35.5. The maximum atomic E-state index is 13.2. The molecule has 0 aliphatic carbocycles. The number of carbonyl (C=O) groups excluding carboxylic acids is 1. The van der Waals surface area contributed by atoms with Gasteiger partial charge < -0.3 is 15.6 Å². The molecule has 0 saturated heterocycles. The summed E-state index contributed by atoms with van der Waals surface area (Å²) in [5.41, 5.74) is 1.12. The average Bonchev–Trinajstić information content (AvgIpc) is 3.18. The van der Waals surface area contributed by atoms with Gasteiger partial charge in [0.25, 0.3) is 0 Å². The molecule has 0 unspecified atom stereocenters. The second-order valence-corrected chi connectivity index (χ2v) is 9.43. The van der Waals surface area contributed by atoms with Gasteiger partial charge in [-0.15, -0.1) is 0 Å². The molecule has 3 N–H and O–H groups in total. The van der Waals surface area contributed by atoms with Gasteiger partial charge in [0.2, 0.25) is 5.91 Å². The number of H-pyrrole nitrogens is 1. The minimum absolute atomic E-state index is 0.0977. The molecular formula is C23H26ClF3N4OS. The molecule has 5 nitrogen and oxygen atoms in total. The Hall–Kier alpha value is -2.39. The predicted octanol–water partition coefficient (Wildman–Crippen LogP) is 6.28. The van der Waals surface area contributed by atoms with Gasteiger partial charge in [0.15, 0.2) is 0 Å². The number of nitrogens with one attached hydrogen (secondary N) is 3. The molecule has 178 valence electrons. The summed E-state index contributed by atoms with van der Waals surface area (Å²) in [4.78, 5) is 21.1. The van der Waals surface area contributed by atoms with Gasteiger partial charge in [-0.1, -0.05) is 37.6 Å². The number of nitrogens with zero attached hydrogens (tertiary/aromatic N) is 1. The number of fused-ring (bicyclic) bond motifs is 1. The van der Waals surface area contributed by atoms with Gasteiger partial charge in [0, 0.05) is 0 Å². The normalized spacial score (nSPS) is 13.8. The van der Waals surface area contributed by atoms with Crippen molar-refractivity contribution in [3.8, 4) is 0 Å². The van der Waals surface area contributed by atoms with Crippen molar-refractivity contribution >= 4 is 46.0 Å². The summed E-state index contributed by atoms with van der Waals surface area (Å²) in [7, 11) is 0. The summed E-state index contributed by atoms with van der Waals surface area (Å²) in [5.74, 6) is 1.04. The van der Waals surface area contributed by atoms with Crippen LogP contribution in [0.15, 0.2) is 42.5 Å². The van der Waals surface area contributed by atoms with Crippen LogP contribution in [0.1, 0.15) is 37.7 Å². The van der Waals surface area contributed by atoms with Crippen molar-refractivity contribution in [3.63, 3.8) is 0 Å². The van der Waals surface area contributed by atoms with Crippen molar-refractivity contribution < 1.29 is 18.0 Å². The fourth-order valence-electron chi connectivity index (χ4n) is 3.42. The quantitative estimate of drug-likeness (QED) is 0.324. The van der Waals surface area contributed by atoms with Crippen LogP contribution in [0.4, 0.5) is 18.9 Å². The summed E-state index contributed by atoms with van der Waals surface area (Å²) < 4.78 is 38.8. The number of benzene rings is 2. The van der Waals surface area contributed by atoms with Crippen LogP contribution in [-0.4, -0.2) is 33.9 Å². The van der Waals surface area contributed by atoms with Gasteiger partial charge in [-0.3, -0.25) is 4.79 Å². The summed E-state index contributed by atoms with van der Waals surface area (Å²) in [6, 6.07) is 9.62. The molecule has 3 rings (SSSR count). The number of imidazole rings is 1. The number of aromatic nitrogens is 2. The first-order valence-corrected chi connectivity index (χ1v) is 12.2. The molecule has 0 aliphatic rings. The lowest BCUT2D eigenvalue weighted by atomic mass is 10.0. The molecule has 33 heavy (non-hydrogen) atoms. The van der Waals surface area contributed by atoms with Gasteiger partial charge in [-0.25, -0.2) is 4.98 Å². The Bertz CT molecular complexity index is 1070. The number of hydrogen-bond acceptors (Lipinski definition) is 4. The number of hydrogen-bond donors (Lipinski definition) is 3. The number of aromatic amines is 1. The molecule has 10 heteroatoms. The zero-order valence-electron chi connectivity index (χ0n) is 18.5. The van der Waals surface area contributed by atoms with E-state index in [0.29, 0.717) is 12.2 Å². The molecule has 0 fully saturated rings. The van der Waals surface area contributed by atoms with Crippen molar-refractivity contribution in [2.24, 2.45) is 5.92 Å². The second kappa shape index (κ2) is 10.7. The van der Waals surface area contributed by atoms with Gasteiger partial charge in [0.05, 0.1) is 33.3 Å². The van der Waals surface area contributed by atoms with E-state index in [4.69, 9.17) is 11.6 Å². The van der Waals surface area contributed by atoms with Crippen LogP contribution in [0.5, 0.6) is 0 Å². The van der Waals surface area contributed by atoms with E-state index in [2.05, 4.69) is 20.6 Å². The van der Waals surface area contributed by atoms with Crippen molar-refractivity contribution in [2.45, 2.75) is 38.5 Å². The molecular weight excluding hydrogens is 473 g/mol. The van der Waals surface area contributed by atoms with Crippen LogP contribution in [0.2, 0.25) is 5.02 Å². The van der Waals surface area contributed by atoms with E-state index in [1.807, 2.05) is 44.4 Å². The summed E-state index contributed by atoms with van der Waals surface area (Å²) >= 11 is 7.76. The number of carbonyl (C=O) groups is 1. The molecule has 0 bridgehead atoms. The average molecular weight is 499 g/mol. The monoisotopic (exact) mass is 498 g/mol. The third kappa shape index (κ3) is 6.35. The van der Waals surface area contributed by atoms with Crippen molar-refractivity contribution in [2.75, 3.05) is 17.3 Å². The van der Waals surface area contributed by atoms with Crippen LogP contribution in [0, 0.1) is 5.92 Å². The summed E-state index contributed by atoms with van der Waals surface area (Å²) in [6.45, 7) is 3.71. The molecule has 2 aromatic carbocycles. The molecule has 0 radical (unpaired) electrons. The number of alkyl halides is 3. The third-order valence-electron chi connectivity index (χ3n) is 5.22. The first kappa shape index (κ1) is 25.2. The first-order chi connectivity index (χ1) is 15.6. The Balaban J connectivity index is 1.81. The largest absolute Gasteiger partial charge is 0.416 e. The van der Waals surface area contributed by atoms with Crippen LogP contribution >= 0.6 is 23.4 Å². The number of para-hydroxylation sites is 2. The molecule has 2 atom stereocenters. The maximum absolute atomic E-state index is 13.2. The number of halogens is 4. The van der Waals surface area contributed by atoms with E-state index in [0.717, 1.165) is 28.9 Å². The SMILES string of the molecule is CSCC[C@H](NC(=O)[C@@H](Nc1ccc(C(F)(F)F)cc1Cl)C(C)C)c1nc2ccccc2[nH]1. The number of rotatable bonds is 9. The fourth-order valence-corrected chi connectivity index (χ4v) is 4.13. The molecule has 1 aromatic heterocycles. The van der Waals surface area contributed by atoms with Crippen molar-refractivity contribution in [3.05, 3.63) is 58.9 Å². The zero-order valence-corrected chi connectivity index (χ0v) is 20.0. The smallest absolute Gasteiger partial charge is 0.372 e. The lowest BCUT2D eigenvalue weighted by molar-refractivity contribution is -0.137. The lowest BCUT2D eigenvalue weighted by Gasteiger charge is -2.26. The van der Waals surface area contributed by atoms with E-state index in [1.54, 1.807) is 11.8 Å². The molecule has 1 amide bonds. The second-order valence-electron chi connectivity index (χ2n) is 8.04. The highest BCUT2D eigenvalue weighted by Crippen LogP contribution is 2.34. The minimum atomic E-state index is -4.49. The van der Waals surface area contributed by atoms with Gasteiger partial charge in [0.1, 0.15) is 11.9 Å². The van der Waals surface area contributed by atoms with Crippen molar-refractivity contribution in [1.29, 1.82) is 0 Å². The van der Waals surface area contributed by atoms with Crippen LogP contribution < -0.4 is 10.6 Å². The van der Waals surface area contributed by atoms with Gasteiger partial charge in [-0.2, -0.15) is 24.9 Å². The Kier molecular flexibility index (Phi) is 8.18. The fraction of sp³-hybridized carbons (Fsp3) is 0.391. The molecule has 1 heterocycles. The summed E-state index contributed by atoms with van der Waals surface area (Å²) in [5, 5.41) is 5.97. The van der Waals surface area contributed by atoms with Crippen LogP contribution in [-0.2, 0) is 11.0 Å². The highest BCUT2D eigenvalue weighted by molar-refractivity contribution is 7.98. The molecule has 0 spiro atoms. The Morgan fingerprint density at radius 1 is 1.21 bits per heavy atom. The lowest BCUT2D eigenvalue weighted by Crippen LogP contribution is -2.44. The Morgan fingerprint density at radius 3 is 2.55 bits per heavy atom. The molecule has 0 aliphatic heterocycles. The highest BCUT2D eigenvalue weighted by Gasteiger charge is 2.32.